The van der Waals surface area contributed by atoms with Crippen LogP contribution in [0.3, 0.4) is 0 Å². The van der Waals surface area contributed by atoms with Gasteiger partial charge in [-0.15, -0.1) is 0 Å². The zero-order valence-electron chi connectivity index (χ0n) is 11.2. The monoisotopic (exact) mass is 267 g/mol. The fourth-order valence-corrected chi connectivity index (χ4v) is 2.42. The van der Waals surface area contributed by atoms with E-state index in [1.807, 2.05) is 17.7 Å². The van der Waals surface area contributed by atoms with Crippen molar-refractivity contribution in [1.82, 2.24) is 14.5 Å². The van der Waals surface area contributed by atoms with Crippen LogP contribution in [0.2, 0.25) is 0 Å². The number of nitrogens with zero attached hydrogens (tertiary/aromatic N) is 3. The molecule has 6 heteroatoms. The van der Waals surface area contributed by atoms with E-state index in [-0.39, 0.29) is 18.6 Å². The first-order valence-corrected chi connectivity index (χ1v) is 6.73. The fraction of sp³-hybridized carbons (Fsp3) is 0.692. The molecule has 106 valence electrons. The summed E-state index contributed by atoms with van der Waals surface area (Å²) >= 11 is 0. The maximum Gasteiger partial charge on any atom is 0.248 e. The third-order valence-corrected chi connectivity index (χ3v) is 3.52. The Morgan fingerprint density at radius 3 is 2.95 bits per heavy atom. The Bertz CT molecular complexity index is 394. The molecule has 0 bridgehead atoms. The lowest BCUT2D eigenvalue weighted by Gasteiger charge is -2.21. The fourth-order valence-electron chi connectivity index (χ4n) is 2.42. The van der Waals surface area contributed by atoms with E-state index in [2.05, 4.69) is 4.98 Å². The quantitative estimate of drug-likeness (QED) is 0.860. The molecule has 2 heterocycles. The van der Waals surface area contributed by atoms with Gasteiger partial charge in [-0.3, -0.25) is 4.79 Å². The molecular formula is C13H21N3O3. The number of aromatic nitrogens is 2. The van der Waals surface area contributed by atoms with Crippen molar-refractivity contribution in [3.05, 3.63) is 18.7 Å². The Hall–Kier alpha value is -1.40. The molecule has 1 fully saturated rings. The van der Waals surface area contributed by atoms with Crippen molar-refractivity contribution in [3.8, 4) is 0 Å². The average Bonchev–Trinajstić information content (AvgIpc) is 2.86. The second kappa shape index (κ2) is 6.68. The zero-order valence-corrected chi connectivity index (χ0v) is 11.2. The first-order chi connectivity index (χ1) is 9.22. The second-order valence-corrected chi connectivity index (χ2v) is 4.74. The molecule has 6 nitrogen and oxygen atoms in total. The summed E-state index contributed by atoms with van der Waals surface area (Å²) in [5.41, 5.74) is 0. The summed E-state index contributed by atoms with van der Waals surface area (Å²) in [6, 6.07) is -0.00704. The lowest BCUT2D eigenvalue weighted by molar-refractivity contribution is -0.136. The molecule has 0 aliphatic carbocycles. The summed E-state index contributed by atoms with van der Waals surface area (Å²) in [4.78, 5) is 17.7. The van der Waals surface area contributed by atoms with Crippen LogP contribution in [0.4, 0.5) is 0 Å². The standard InChI is InChI=1S/C13H21N3O3/c1-2-19-9-13(18)15-6-3-11(12(17)4-7-15)16-8-5-14-10-16/h5,8,10-12,17H,2-4,6-7,9H2,1H3/t11-,12-/m0/s1. The zero-order chi connectivity index (χ0) is 13.7. The van der Waals surface area contributed by atoms with E-state index < -0.39 is 6.10 Å². The number of aliphatic hydroxyl groups is 1. The molecule has 1 aromatic heterocycles. The minimum atomic E-state index is -0.445. The Balaban J connectivity index is 1.95. The molecular weight excluding hydrogens is 246 g/mol. The van der Waals surface area contributed by atoms with Crippen LogP contribution in [0, 0.1) is 0 Å². The van der Waals surface area contributed by atoms with Crippen molar-refractivity contribution < 1.29 is 14.6 Å². The molecule has 2 rings (SSSR count). The lowest BCUT2D eigenvalue weighted by atomic mass is 10.1. The van der Waals surface area contributed by atoms with Gasteiger partial charge in [0.05, 0.1) is 18.5 Å². The molecule has 1 amide bonds. The van der Waals surface area contributed by atoms with Crippen molar-refractivity contribution in [1.29, 1.82) is 0 Å². The molecule has 0 spiro atoms. The molecule has 1 N–H and O–H groups in total. The van der Waals surface area contributed by atoms with E-state index in [1.165, 1.54) is 0 Å². The first-order valence-electron chi connectivity index (χ1n) is 6.73. The van der Waals surface area contributed by atoms with Gasteiger partial charge in [0.15, 0.2) is 0 Å². The minimum absolute atomic E-state index is 0.000307. The summed E-state index contributed by atoms with van der Waals surface area (Å²) in [5, 5.41) is 10.2. The van der Waals surface area contributed by atoms with Gasteiger partial charge in [-0.25, -0.2) is 4.98 Å². The number of hydrogen-bond acceptors (Lipinski definition) is 4. The van der Waals surface area contributed by atoms with E-state index in [1.54, 1.807) is 17.4 Å². The summed E-state index contributed by atoms with van der Waals surface area (Å²) in [7, 11) is 0. The Labute approximate surface area is 113 Å². The van der Waals surface area contributed by atoms with Gasteiger partial charge in [-0.05, 0) is 19.8 Å². The Morgan fingerprint density at radius 1 is 1.47 bits per heavy atom. The van der Waals surface area contributed by atoms with Gasteiger partial charge in [0, 0.05) is 32.1 Å². The molecule has 19 heavy (non-hydrogen) atoms. The SMILES string of the molecule is CCOCC(=O)N1CC[C@H](O)[C@@H](n2ccnc2)CC1. The minimum Gasteiger partial charge on any atom is -0.391 e. The van der Waals surface area contributed by atoms with Gasteiger partial charge < -0.3 is 19.3 Å². The third-order valence-electron chi connectivity index (χ3n) is 3.52. The van der Waals surface area contributed by atoms with E-state index in [4.69, 9.17) is 4.74 Å². The predicted molar refractivity (Wildman–Crippen MR) is 69.6 cm³/mol. The Morgan fingerprint density at radius 2 is 2.26 bits per heavy atom. The number of imidazole rings is 1. The van der Waals surface area contributed by atoms with Crippen LogP contribution >= 0.6 is 0 Å². The number of carbonyl (C=O) groups excluding carboxylic acids is 1. The topological polar surface area (TPSA) is 67.6 Å². The van der Waals surface area contributed by atoms with Gasteiger partial charge in [-0.1, -0.05) is 0 Å². The number of ether oxygens (including phenoxy) is 1. The highest BCUT2D eigenvalue weighted by atomic mass is 16.5. The highest BCUT2D eigenvalue weighted by molar-refractivity contribution is 5.77. The maximum atomic E-state index is 11.9. The molecule has 2 atom stereocenters. The van der Waals surface area contributed by atoms with Gasteiger partial charge in [0.2, 0.25) is 5.91 Å². The number of amides is 1. The highest BCUT2D eigenvalue weighted by Gasteiger charge is 2.27. The van der Waals surface area contributed by atoms with Crippen molar-refractivity contribution >= 4 is 5.91 Å². The highest BCUT2D eigenvalue weighted by Crippen LogP contribution is 2.23. The van der Waals surface area contributed by atoms with Gasteiger partial charge in [0.1, 0.15) is 6.61 Å². The predicted octanol–water partition coefficient (Wildman–Crippen LogP) is 0.444. The molecule has 0 unspecified atom stereocenters. The van der Waals surface area contributed by atoms with Crippen LogP contribution in [0.15, 0.2) is 18.7 Å². The van der Waals surface area contributed by atoms with Gasteiger partial charge in [-0.2, -0.15) is 0 Å². The number of rotatable bonds is 4. The van der Waals surface area contributed by atoms with Crippen LogP contribution in [0.5, 0.6) is 0 Å². The molecule has 0 radical (unpaired) electrons. The summed E-state index contributed by atoms with van der Waals surface area (Å²) in [6.45, 7) is 3.76. The van der Waals surface area contributed by atoms with E-state index >= 15 is 0 Å². The molecule has 0 saturated carbocycles. The van der Waals surface area contributed by atoms with Crippen LogP contribution in [-0.2, 0) is 9.53 Å². The summed E-state index contributed by atoms with van der Waals surface area (Å²) in [5.74, 6) is 0.000307. The molecule has 1 aromatic rings. The average molecular weight is 267 g/mol. The third kappa shape index (κ3) is 3.54. The van der Waals surface area contributed by atoms with Crippen LogP contribution in [0.25, 0.3) is 0 Å². The van der Waals surface area contributed by atoms with E-state index in [0.29, 0.717) is 26.1 Å². The van der Waals surface area contributed by atoms with Crippen LogP contribution in [-0.4, -0.2) is 57.9 Å². The molecule has 0 aromatic carbocycles. The van der Waals surface area contributed by atoms with Gasteiger partial charge >= 0.3 is 0 Å². The number of hydrogen-bond donors (Lipinski definition) is 1. The number of aliphatic hydroxyl groups excluding tert-OH is 1. The lowest BCUT2D eigenvalue weighted by Crippen LogP contribution is -2.35. The van der Waals surface area contributed by atoms with Crippen molar-refractivity contribution in [2.75, 3.05) is 26.3 Å². The van der Waals surface area contributed by atoms with Crippen LogP contribution < -0.4 is 0 Å². The van der Waals surface area contributed by atoms with Crippen molar-refractivity contribution in [3.63, 3.8) is 0 Å². The maximum absolute atomic E-state index is 11.9. The number of carbonyl (C=O) groups is 1. The normalized spacial score (nSPS) is 24.2. The smallest absolute Gasteiger partial charge is 0.248 e. The van der Waals surface area contributed by atoms with E-state index in [9.17, 15) is 9.90 Å². The molecule has 1 aliphatic rings. The first kappa shape index (κ1) is 14.0. The summed E-state index contributed by atoms with van der Waals surface area (Å²) < 4.78 is 7.06. The largest absolute Gasteiger partial charge is 0.391 e. The van der Waals surface area contributed by atoms with Crippen molar-refractivity contribution in [2.24, 2.45) is 0 Å². The summed E-state index contributed by atoms with van der Waals surface area (Å²) in [6.07, 6.45) is 6.14. The van der Waals surface area contributed by atoms with Crippen LogP contribution in [0.1, 0.15) is 25.8 Å². The molecule has 1 aliphatic heterocycles. The van der Waals surface area contributed by atoms with Crippen molar-refractivity contribution in [2.45, 2.75) is 31.9 Å². The molecule has 1 saturated heterocycles. The van der Waals surface area contributed by atoms with E-state index in [0.717, 1.165) is 6.42 Å². The number of likely N-dealkylation sites (tertiary alicyclic amines) is 1. The van der Waals surface area contributed by atoms with Gasteiger partial charge in [0.25, 0.3) is 0 Å². The second-order valence-electron chi connectivity index (χ2n) is 4.74. The Kier molecular flexibility index (Phi) is 4.93.